The van der Waals surface area contributed by atoms with Crippen LogP contribution in [0.5, 0.6) is 5.75 Å². The number of rotatable bonds is 6. The molecule has 4 nitrogen and oxygen atoms in total. The van der Waals surface area contributed by atoms with Crippen molar-refractivity contribution in [2.75, 3.05) is 12.9 Å². The predicted molar refractivity (Wildman–Crippen MR) is 143 cm³/mol. The molecule has 2 aromatic heterocycles. The minimum absolute atomic E-state index is 0.0277. The lowest BCUT2D eigenvalue weighted by molar-refractivity contribution is -0.138. The van der Waals surface area contributed by atoms with Crippen molar-refractivity contribution < 1.29 is 26.7 Å². The van der Waals surface area contributed by atoms with Gasteiger partial charge in [0.15, 0.2) is 11.6 Å². The molecule has 39 heavy (non-hydrogen) atoms. The molecule has 0 spiro atoms. The molecule has 0 fully saturated rings. The molecule has 4 aromatic rings. The fraction of sp³-hybridized carbons (Fsp3) is 0.250. The van der Waals surface area contributed by atoms with Crippen LogP contribution in [-0.4, -0.2) is 17.4 Å². The Balaban J connectivity index is 1.79. The maximum atomic E-state index is 15.5. The first kappa shape index (κ1) is 27.4. The van der Waals surface area contributed by atoms with Gasteiger partial charge in [-0.1, -0.05) is 18.2 Å². The van der Waals surface area contributed by atoms with E-state index in [1.165, 1.54) is 53.0 Å². The summed E-state index contributed by atoms with van der Waals surface area (Å²) in [6.45, 7) is 1.55. The van der Waals surface area contributed by atoms with Crippen LogP contribution < -0.4 is 16.0 Å². The Labute approximate surface area is 229 Å². The second-order valence-electron chi connectivity index (χ2n) is 9.18. The topological polar surface area (TPSA) is 57.2 Å². The molecule has 0 bridgehead atoms. The predicted octanol–water partition coefficient (Wildman–Crippen LogP) is 7.13. The fourth-order valence-corrected chi connectivity index (χ4v) is 7.19. The molecule has 0 aliphatic carbocycles. The van der Waals surface area contributed by atoms with E-state index >= 15 is 4.39 Å². The Bertz CT molecular complexity index is 1600. The number of nitrogens with zero attached hydrogens (tertiary/aromatic N) is 1. The van der Waals surface area contributed by atoms with Gasteiger partial charge in [0, 0.05) is 23.3 Å². The van der Waals surface area contributed by atoms with Crippen LogP contribution in [0.2, 0.25) is 0 Å². The highest BCUT2D eigenvalue weighted by Crippen LogP contribution is 2.45. The van der Waals surface area contributed by atoms with Crippen molar-refractivity contribution in [2.45, 2.75) is 36.6 Å². The number of fused-ring (bicyclic) bond motifs is 1. The molecule has 1 aliphatic heterocycles. The molecule has 2 aromatic carbocycles. The molecule has 2 atom stereocenters. The number of aromatic nitrogens is 1. The number of hydrogen-bond acceptors (Lipinski definition) is 5. The molecular formula is C28H23F5N2O2S2. The fourth-order valence-electron chi connectivity index (χ4n) is 5.05. The summed E-state index contributed by atoms with van der Waals surface area (Å²) in [5, 5.41) is 4.12. The van der Waals surface area contributed by atoms with Crippen LogP contribution in [0, 0.1) is 18.6 Å². The van der Waals surface area contributed by atoms with E-state index in [1.807, 2.05) is 16.8 Å². The lowest BCUT2D eigenvalue weighted by Gasteiger charge is -2.24. The molecule has 0 saturated carbocycles. The number of nitrogens with two attached hydrogens (primary N) is 1. The maximum Gasteiger partial charge on any atom is 0.416 e. The molecule has 0 saturated heterocycles. The number of pyridine rings is 1. The average molecular weight is 579 g/mol. The van der Waals surface area contributed by atoms with Gasteiger partial charge in [-0.25, -0.2) is 8.78 Å². The van der Waals surface area contributed by atoms with Crippen molar-refractivity contribution in [3.05, 3.63) is 103 Å². The van der Waals surface area contributed by atoms with Crippen LogP contribution in [0.1, 0.15) is 39.9 Å². The van der Waals surface area contributed by atoms with E-state index in [9.17, 15) is 22.4 Å². The van der Waals surface area contributed by atoms with Gasteiger partial charge in [0.05, 0.1) is 35.3 Å². The maximum absolute atomic E-state index is 15.5. The summed E-state index contributed by atoms with van der Waals surface area (Å²) in [5.41, 5.74) is 5.70. The van der Waals surface area contributed by atoms with E-state index in [0.29, 0.717) is 16.3 Å². The van der Waals surface area contributed by atoms with Crippen LogP contribution in [-0.2, 0) is 12.6 Å². The van der Waals surface area contributed by atoms with Gasteiger partial charge < -0.3 is 10.5 Å². The van der Waals surface area contributed by atoms with E-state index in [0.717, 1.165) is 23.8 Å². The van der Waals surface area contributed by atoms with Crippen LogP contribution in [0.4, 0.5) is 22.0 Å². The SMILES string of the molecule is COc1cccc(-c2c(C)c(Cc3c(F)cccc3C(F)(F)F)c3n(c2=O)[C@H](C(N)c2ccsc2)CS3)c1F. The molecule has 204 valence electrons. The molecule has 2 N–H and O–H groups in total. The van der Waals surface area contributed by atoms with Gasteiger partial charge in [0.25, 0.3) is 5.56 Å². The Kier molecular flexibility index (Phi) is 7.34. The molecule has 1 unspecified atom stereocenters. The summed E-state index contributed by atoms with van der Waals surface area (Å²) in [7, 11) is 1.29. The lowest BCUT2D eigenvalue weighted by Crippen LogP contribution is -2.33. The number of alkyl halides is 3. The summed E-state index contributed by atoms with van der Waals surface area (Å²) in [6, 6.07) is 7.84. The third-order valence-corrected chi connectivity index (χ3v) is 8.96. The highest BCUT2D eigenvalue weighted by Gasteiger charge is 2.38. The monoisotopic (exact) mass is 578 g/mol. The number of methoxy groups -OCH3 is 1. The average Bonchev–Trinajstić information content (AvgIpc) is 3.58. The molecule has 5 rings (SSSR count). The van der Waals surface area contributed by atoms with Crippen molar-refractivity contribution >= 4 is 23.1 Å². The first-order chi connectivity index (χ1) is 18.5. The minimum atomic E-state index is -4.79. The normalized spacial score (nSPS) is 15.8. The molecule has 3 heterocycles. The zero-order chi connectivity index (χ0) is 28.1. The smallest absolute Gasteiger partial charge is 0.416 e. The number of hydrogen-bond donors (Lipinski definition) is 1. The Morgan fingerprint density at radius 3 is 2.54 bits per heavy atom. The summed E-state index contributed by atoms with van der Waals surface area (Å²) < 4.78 is 78.6. The summed E-state index contributed by atoms with van der Waals surface area (Å²) in [6.07, 6.45) is -5.24. The van der Waals surface area contributed by atoms with Gasteiger partial charge in [0.2, 0.25) is 0 Å². The number of thioether (sulfide) groups is 1. The van der Waals surface area contributed by atoms with Gasteiger partial charge in [-0.3, -0.25) is 9.36 Å². The Morgan fingerprint density at radius 2 is 1.87 bits per heavy atom. The van der Waals surface area contributed by atoms with Gasteiger partial charge in [-0.15, -0.1) is 11.8 Å². The van der Waals surface area contributed by atoms with E-state index < -0.39 is 53.0 Å². The minimum Gasteiger partial charge on any atom is -0.494 e. The number of benzene rings is 2. The van der Waals surface area contributed by atoms with E-state index in [2.05, 4.69) is 0 Å². The molecule has 0 radical (unpaired) electrons. The highest BCUT2D eigenvalue weighted by molar-refractivity contribution is 7.99. The third kappa shape index (κ3) is 4.76. The quantitative estimate of drug-likeness (QED) is 0.248. The Morgan fingerprint density at radius 1 is 1.13 bits per heavy atom. The molecule has 0 amide bonds. The number of ether oxygens (including phenoxy) is 1. The van der Waals surface area contributed by atoms with Crippen molar-refractivity contribution in [1.82, 2.24) is 4.57 Å². The van der Waals surface area contributed by atoms with E-state index in [-0.39, 0.29) is 22.4 Å². The van der Waals surface area contributed by atoms with Gasteiger partial charge in [-0.2, -0.15) is 24.5 Å². The standard InChI is InChI=1S/C28H23F5N2O2S2/c1-14-17(11-18-19(28(31,32)33)6-4-7-20(18)29)27-35(21(13-39-27)25(34)15-9-10-38-12-15)26(36)23(14)16-5-3-8-22(37-2)24(16)30/h3-10,12,21,25H,11,13,34H2,1-2H3/t21-,25?/m0/s1. The lowest BCUT2D eigenvalue weighted by atomic mass is 9.92. The summed E-state index contributed by atoms with van der Waals surface area (Å²) in [5.74, 6) is -1.52. The second-order valence-corrected chi connectivity index (χ2v) is 11.0. The van der Waals surface area contributed by atoms with Crippen LogP contribution >= 0.6 is 23.1 Å². The number of thiophene rings is 1. The van der Waals surface area contributed by atoms with E-state index in [1.54, 1.807) is 6.92 Å². The van der Waals surface area contributed by atoms with Crippen molar-refractivity contribution in [2.24, 2.45) is 5.73 Å². The van der Waals surface area contributed by atoms with E-state index in [4.69, 9.17) is 10.5 Å². The molecular weight excluding hydrogens is 555 g/mol. The summed E-state index contributed by atoms with van der Waals surface area (Å²) >= 11 is 2.72. The first-order valence-electron chi connectivity index (χ1n) is 11.9. The van der Waals surface area contributed by atoms with Gasteiger partial charge >= 0.3 is 6.18 Å². The molecule has 1 aliphatic rings. The number of halogens is 5. The molecule has 11 heteroatoms. The van der Waals surface area contributed by atoms with Crippen molar-refractivity contribution in [1.29, 1.82) is 0 Å². The van der Waals surface area contributed by atoms with Crippen LogP contribution in [0.25, 0.3) is 11.1 Å². The Hall–Kier alpha value is -3.15. The van der Waals surface area contributed by atoms with Crippen molar-refractivity contribution in [3.63, 3.8) is 0 Å². The zero-order valence-electron chi connectivity index (χ0n) is 20.8. The zero-order valence-corrected chi connectivity index (χ0v) is 22.4. The first-order valence-corrected chi connectivity index (χ1v) is 13.8. The van der Waals surface area contributed by atoms with Crippen LogP contribution in [0.3, 0.4) is 0 Å². The summed E-state index contributed by atoms with van der Waals surface area (Å²) in [4.78, 5) is 14.1. The largest absolute Gasteiger partial charge is 0.494 e. The second kappa shape index (κ2) is 10.4. The van der Waals surface area contributed by atoms with Gasteiger partial charge in [0.1, 0.15) is 5.82 Å². The van der Waals surface area contributed by atoms with Gasteiger partial charge in [-0.05, 0) is 58.6 Å². The van der Waals surface area contributed by atoms with Crippen molar-refractivity contribution in [3.8, 4) is 16.9 Å². The third-order valence-electron chi connectivity index (χ3n) is 7.03. The highest BCUT2D eigenvalue weighted by atomic mass is 32.2. The van der Waals surface area contributed by atoms with Crippen LogP contribution in [0.15, 0.2) is 63.0 Å².